The second kappa shape index (κ2) is 22.7. The van der Waals surface area contributed by atoms with Gasteiger partial charge in [0.25, 0.3) is 5.91 Å². The van der Waals surface area contributed by atoms with Gasteiger partial charge in [-0.2, -0.15) is 0 Å². The number of ether oxygens (including phenoxy) is 1. The quantitative estimate of drug-likeness (QED) is 0.0546. The van der Waals surface area contributed by atoms with Gasteiger partial charge in [-0.3, -0.25) is 38.4 Å². The van der Waals surface area contributed by atoms with E-state index < -0.39 is 117 Å². The summed E-state index contributed by atoms with van der Waals surface area (Å²) in [5.41, 5.74) is 5.99. The largest absolute Gasteiger partial charge is 0.481 e. The van der Waals surface area contributed by atoms with Crippen LogP contribution in [0.4, 0.5) is 10.5 Å². The lowest BCUT2D eigenvalue weighted by atomic mass is 9.87. The normalized spacial score (nSPS) is 15.2. The zero-order chi connectivity index (χ0) is 50.7. The summed E-state index contributed by atoms with van der Waals surface area (Å²) >= 11 is 0. The van der Waals surface area contributed by atoms with Crippen LogP contribution in [0.15, 0.2) is 102 Å². The van der Waals surface area contributed by atoms with Gasteiger partial charge in [-0.25, -0.2) is 4.79 Å². The number of fused-ring (bicyclic) bond motifs is 2. The summed E-state index contributed by atoms with van der Waals surface area (Å²) in [6, 6.07) is 14.5. The Morgan fingerprint density at radius 3 is 1.96 bits per heavy atom. The summed E-state index contributed by atoms with van der Waals surface area (Å²) in [6.07, 6.45) is 1.11. The Morgan fingerprint density at radius 2 is 1.32 bits per heavy atom. The highest BCUT2D eigenvalue weighted by molar-refractivity contribution is 6.98. The molecule has 0 saturated carbocycles. The molecule has 2 aliphatic rings. The molecular weight excluding hydrogens is 909 g/mol. The van der Waals surface area contributed by atoms with Crippen molar-refractivity contribution < 1.29 is 63.2 Å². The second-order valence-electron chi connectivity index (χ2n) is 17.4. The Morgan fingerprint density at radius 1 is 0.696 bits per heavy atom. The number of nitrogens with one attached hydrogen (secondary N) is 6. The van der Waals surface area contributed by atoms with Gasteiger partial charge in [0.05, 0.1) is 18.6 Å². The monoisotopic (exact) mass is 962 g/mol. The van der Waals surface area contributed by atoms with E-state index in [-0.39, 0.29) is 12.3 Å². The van der Waals surface area contributed by atoms with E-state index in [0.717, 1.165) is 38.2 Å². The highest BCUT2D eigenvalue weighted by atomic mass is 28.3. The van der Waals surface area contributed by atoms with Crippen LogP contribution in [0.25, 0.3) is 5.57 Å². The average Bonchev–Trinajstić information content (AvgIpc) is 3.28. The Bertz CT molecular complexity index is 2680. The molecule has 3 aromatic rings. The maximum absolute atomic E-state index is 13.8. The van der Waals surface area contributed by atoms with Crippen molar-refractivity contribution >= 4 is 83.6 Å². The number of Topliss-reactive ketones (excluding diaryl/α,β-unsaturated/α-hetero) is 1. The van der Waals surface area contributed by atoms with E-state index in [2.05, 4.69) is 39.7 Å². The third-order valence-electron chi connectivity index (χ3n) is 11.6. The average molecular weight is 963 g/mol. The second-order valence-corrected chi connectivity index (χ2v) is 21.7. The number of alkyl carbamates (subject to hydrolysis) is 1. The number of amides is 5. The molecule has 3 aromatic carbocycles. The molecule has 362 valence electrons. The molecule has 0 fully saturated rings. The molecule has 5 amide bonds. The fraction of sp³-hybridized carbons (Fsp3) is 0.306. The van der Waals surface area contributed by atoms with Crippen LogP contribution in [0.5, 0.6) is 0 Å². The number of hydrogen-bond donors (Lipinski definition) is 9. The van der Waals surface area contributed by atoms with Crippen LogP contribution >= 0.6 is 0 Å². The third kappa shape index (κ3) is 13.3. The predicted octanol–water partition coefficient (Wildman–Crippen LogP) is 3.51. The van der Waals surface area contributed by atoms with Crippen LogP contribution in [0.3, 0.4) is 0 Å². The molecule has 69 heavy (non-hydrogen) atoms. The number of benzene rings is 3. The molecular formula is C49H54N6O13Si. The van der Waals surface area contributed by atoms with Crippen molar-refractivity contribution in [2.45, 2.75) is 90.3 Å². The number of hydrogen-bond acceptors (Lipinski definition) is 11. The van der Waals surface area contributed by atoms with E-state index in [1.807, 2.05) is 49.4 Å². The molecule has 0 radical (unpaired) electrons. The number of aryl methyl sites for hydroxylation is 1. The van der Waals surface area contributed by atoms with Gasteiger partial charge < -0.3 is 52.0 Å². The lowest BCUT2D eigenvalue weighted by Crippen LogP contribution is -2.59. The van der Waals surface area contributed by atoms with Gasteiger partial charge in [-0.15, -0.1) is 0 Å². The number of allylic oxidation sites excluding steroid dienone is 5. The third-order valence-corrected chi connectivity index (χ3v) is 15.1. The minimum Gasteiger partial charge on any atom is -0.481 e. The minimum atomic E-state index is -2.57. The van der Waals surface area contributed by atoms with Gasteiger partial charge in [0.15, 0.2) is 0 Å². The van der Waals surface area contributed by atoms with Crippen molar-refractivity contribution in [3.8, 4) is 0 Å². The lowest BCUT2D eigenvalue weighted by molar-refractivity contribution is -0.143. The highest BCUT2D eigenvalue weighted by Crippen LogP contribution is 2.42. The predicted molar refractivity (Wildman–Crippen MR) is 255 cm³/mol. The number of aliphatic carboxylic acids is 3. The fourth-order valence-corrected chi connectivity index (χ4v) is 11.0. The molecule has 5 rings (SSSR count). The highest BCUT2D eigenvalue weighted by Gasteiger charge is 2.41. The summed E-state index contributed by atoms with van der Waals surface area (Å²) in [7, 11) is -2.57. The van der Waals surface area contributed by atoms with Gasteiger partial charge in [0, 0.05) is 12.1 Å². The van der Waals surface area contributed by atoms with Crippen molar-refractivity contribution in [3.05, 3.63) is 124 Å². The number of anilines is 1. The van der Waals surface area contributed by atoms with Gasteiger partial charge >= 0.3 is 24.0 Å². The molecule has 1 aliphatic carbocycles. The van der Waals surface area contributed by atoms with E-state index in [1.165, 1.54) is 13.8 Å². The molecule has 20 heteroatoms. The Hall–Kier alpha value is -8.00. The first kappa shape index (κ1) is 52.0. The number of carboxylic acid groups (broad SMARTS) is 3. The van der Waals surface area contributed by atoms with E-state index in [0.29, 0.717) is 11.3 Å². The Balaban J connectivity index is 1.33. The summed E-state index contributed by atoms with van der Waals surface area (Å²) in [5, 5.41) is 50.5. The summed E-state index contributed by atoms with van der Waals surface area (Å²) in [4.78, 5) is 116. The molecule has 0 aromatic heterocycles. The van der Waals surface area contributed by atoms with Crippen molar-refractivity contribution in [3.63, 3.8) is 0 Å². The molecule has 0 spiro atoms. The maximum atomic E-state index is 13.8. The first-order valence-electron chi connectivity index (χ1n) is 21.9. The van der Waals surface area contributed by atoms with E-state index in [9.17, 15) is 58.5 Å². The van der Waals surface area contributed by atoms with Crippen LogP contribution < -0.4 is 31.8 Å². The fourth-order valence-electron chi connectivity index (χ4n) is 7.96. The van der Waals surface area contributed by atoms with E-state index in [1.54, 1.807) is 48.5 Å². The molecule has 0 saturated heterocycles. The topological polar surface area (TPSA) is 308 Å². The maximum Gasteiger partial charge on any atom is 0.408 e. The molecule has 9 N–H and O–H groups in total. The van der Waals surface area contributed by atoms with Crippen LogP contribution in [0.1, 0.15) is 61.8 Å². The van der Waals surface area contributed by atoms with Crippen molar-refractivity contribution in [2.24, 2.45) is 5.92 Å². The molecule has 4 atom stereocenters. The summed E-state index contributed by atoms with van der Waals surface area (Å²) < 4.78 is 5.09. The lowest BCUT2D eigenvalue weighted by Gasteiger charge is -2.38. The standard InChI is InChI=1S/C49H54N6O13Si/c1-26(2)43(55-45(63)34(19-20-39(56)57)52-46(64)36(24-41(60)61)54-49(67)68-25-28-12-7-6-8-13-28)47(65)53-35(23-40(58)59)44(62)48(66)51-30-16-18-33-38(22-30)69(4,5)37-21-29(50)15-17-32(37)42(33)31-14-10-9-11-27(31)3/h6-18,21-22,26,34-36,43,50H,19-20,23-25H2,1-5H3,(H,51,66)(H,52,64)(H,53,65)(H,54,67)(H,55,63)(H,56,57)(H,58,59)(H,60,61)/t34-,35-,36-,43-/m0/s1. The number of carboxylic acids is 3. The molecule has 0 unspecified atom stereocenters. The molecule has 0 bridgehead atoms. The number of rotatable bonds is 21. The zero-order valence-corrected chi connectivity index (χ0v) is 39.5. The van der Waals surface area contributed by atoms with Crippen LogP contribution in [-0.2, 0) is 49.7 Å². The van der Waals surface area contributed by atoms with Gasteiger partial charge in [-0.05, 0) is 87.3 Å². The van der Waals surface area contributed by atoms with Crippen molar-refractivity contribution in [2.75, 3.05) is 5.32 Å². The summed E-state index contributed by atoms with van der Waals surface area (Å²) in [6.45, 7) is 8.96. The first-order valence-corrected chi connectivity index (χ1v) is 24.9. The zero-order valence-electron chi connectivity index (χ0n) is 38.5. The van der Waals surface area contributed by atoms with Gasteiger partial charge in [0.1, 0.15) is 38.8 Å². The smallest absolute Gasteiger partial charge is 0.408 e. The van der Waals surface area contributed by atoms with Gasteiger partial charge in [-0.1, -0.05) is 93.7 Å². The number of carbonyl (C=O) groups excluding carboxylic acids is 6. The molecule has 1 aliphatic heterocycles. The first-order chi connectivity index (χ1) is 32.6. The van der Waals surface area contributed by atoms with Crippen LogP contribution in [0.2, 0.25) is 13.1 Å². The number of carbonyl (C=O) groups is 9. The minimum absolute atomic E-state index is 0.217. The van der Waals surface area contributed by atoms with Crippen molar-refractivity contribution in [1.29, 1.82) is 5.41 Å². The number of ketones is 1. The van der Waals surface area contributed by atoms with Gasteiger partial charge in [0.2, 0.25) is 23.5 Å². The molecule has 1 heterocycles. The Kier molecular flexibility index (Phi) is 17.1. The van der Waals surface area contributed by atoms with Crippen LogP contribution in [0, 0.1) is 18.3 Å². The van der Waals surface area contributed by atoms with Crippen LogP contribution in [-0.4, -0.2) is 107 Å². The summed E-state index contributed by atoms with van der Waals surface area (Å²) in [5.74, 6) is -11.2. The SMILES string of the molecule is Cc1ccccc1C1=C2C=CC(=N)C=C2[Si](C)(C)c2cc(NC(=O)C(=O)[C@H](CC(=O)O)NC(=O)[C@@H](NC(=O)[C@H](CCC(=O)O)NC(=O)[C@H](CC(=O)O)NC(=O)OCc3ccccc3)C(C)C)ccc21. The Labute approximate surface area is 398 Å². The van der Waals surface area contributed by atoms with E-state index >= 15 is 0 Å². The van der Waals surface area contributed by atoms with E-state index in [4.69, 9.17) is 10.1 Å². The van der Waals surface area contributed by atoms with Crippen molar-refractivity contribution in [1.82, 2.24) is 21.3 Å². The molecule has 19 nitrogen and oxygen atoms in total.